The maximum atomic E-state index is 12.5. The molecule has 1 unspecified atom stereocenters. The summed E-state index contributed by atoms with van der Waals surface area (Å²) in [6.07, 6.45) is 1.10. The number of aryl methyl sites for hydroxylation is 1. The van der Waals surface area contributed by atoms with Crippen LogP contribution < -0.4 is 15.4 Å². The summed E-state index contributed by atoms with van der Waals surface area (Å²) in [5, 5.41) is 7.88. The number of benzene rings is 2. The van der Waals surface area contributed by atoms with Gasteiger partial charge in [0.2, 0.25) is 21.8 Å². The van der Waals surface area contributed by atoms with Crippen LogP contribution in [0.15, 0.2) is 53.4 Å². The Bertz CT molecular complexity index is 970. The van der Waals surface area contributed by atoms with Gasteiger partial charge in [0.25, 0.3) is 0 Å². The van der Waals surface area contributed by atoms with E-state index in [9.17, 15) is 18.0 Å². The van der Waals surface area contributed by atoms with E-state index in [1.807, 2.05) is 24.3 Å². The van der Waals surface area contributed by atoms with E-state index in [1.165, 1.54) is 17.7 Å². The molecule has 1 atom stereocenters. The van der Waals surface area contributed by atoms with E-state index in [1.54, 1.807) is 17.0 Å². The van der Waals surface area contributed by atoms with Gasteiger partial charge in [-0.1, -0.05) is 31.2 Å². The second kappa shape index (κ2) is 8.12. The second-order valence-electron chi connectivity index (χ2n) is 6.83. The third kappa shape index (κ3) is 4.58. The van der Waals surface area contributed by atoms with Gasteiger partial charge in [-0.3, -0.25) is 9.59 Å². The Morgan fingerprint density at radius 1 is 1.11 bits per heavy atom. The molecular weight excluding hydrogens is 378 g/mol. The molecule has 2 amide bonds. The second-order valence-corrected chi connectivity index (χ2v) is 8.39. The third-order valence-electron chi connectivity index (χ3n) is 4.87. The number of hydrogen-bond acceptors (Lipinski definition) is 4. The van der Waals surface area contributed by atoms with Crippen molar-refractivity contribution in [2.24, 2.45) is 11.1 Å². The molecule has 148 valence electrons. The van der Waals surface area contributed by atoms with Crippen LogP contribution in [-0.2, 0) is 32.6 Å². The number of nitrogens with zero attached hydrogens (tertiary/aromatic N) is 1. The average Bonchev–Trinajstić information content (AvgIpc) is 3.07. The SMILES string of the molecule is CCc1ccc(N2CC(C(=O)NCc3ccc(S(N)(=O)=O)cc3)CC2=O)cc1. The third-order valence-corrected chi connectivity index (χ3v) is 5.80. The molecule has 0 spiro atoms. The summed E-state index contributed by atoms with van der Waals surface area (Å²) >= 11 is 0. The minimum absolute atomic E-state index is 0.0219. The van der Waals surface area contributed by atoms with Crippen molar-refractivity contribution in [1.29, 1.82) is 0 Å². The summed E-state index contributed by atoms with van der Waals surface area (Å²) in [7, 11) is -3.74. The fourth-order valence-corrected chi connectivity index (χ4v) is 3.69. The molecule has 1 heterocycles. The number of hydrogen-bond donors (Lipinski definition) is 2. The van der Waals surface area contributed by atoms with Crippen molar-refractivity contribution in [1.82, 2.24) is 5.32 Å². The first-order valence-corrected chi connectivity index (χ1v) is 10.6. The van der Waals surface area contributed by atoms with Crippen LogP contribution in [0.1, 0.15) is 24.5 Å². The number of rotatable bonds is 6. The highest BCUT2D eigenvalue weighted by Gasteiger charge is 2.34. The minimum atomic E-state index is -3.74. The van der Waals surface area contributed by atoms with Crippen LogP contribution in [0.4, 0.5) is 5.69 Å². The number of primary sulfonamides is 1. The molecule has 3 N–H and O–H groups in total. The topological polar surface area (TPSA) is 110 Å². The number of nitrogens with one attached hydrogen (secondary N) is 1. The lowest BCUT2D eigenvalue weighted by Gasteiger charge is -2.17. The molecule has 1 aliphatic rings. The Balaban J connectivity index is 1.58. The molecule has 1 aliphatic heterocycles. The van der Waals surface area contributed by atoms with Gasteiger partial charge in [0.05, 0.1) is 10.8 Å². The van der Waals surface area contributed by atoms with Crippen molar-refractivity contribution in [3.63, 3.8) is 0 Å². The zero-order valence-electron chi connectivity index (χ0n) is 15.6. The van der Waals surface area contributed by atoms with Gasteiger partial charge in [-0.15, -0.1) is 0 Å². The van der Waals surface area contributed by atoms with E-state index in [2.05, 4.69) is 12.2 Å². The molecule has 0 aromatic heterocycles. The Labute approximate surface area is 164 Å². The fourth-order valence-electron chi connectivity index (χ4n) is 3.17. The molecule has 2 aromatic rings. The lowest BCUT2D eigenvalue weighted by atomic mass is 10.1. The zero-order valence-corrected chi connectivity index (χ0v) is 16.4. The normalized spacial score (nSPS) is 17.0. The van der Waals surface area contributed by atoms with Crippen LogP contribution in [0.2, 0.25) is 0 Å². The largest absolute Gasteiger partial charge is 0.352 e. The van der Waals surface area contributed by atoms with Crippen LogP contribution in [0.3, 0.4) is 0 Å². The molecule has 7 nitrogen and oxygen atoms in total. The molecule has 0 saturated carbocycles. The molecule has 28 heavy (non-hydrogen) atoms. The van der Waals surface area contributed by atoms with E-state index < -0.39 is 15.9 Å². The van der Waals surface area contributed by atoms with Gasteiger partial charge < -0.3 is 10.2 Å². The number of amides is 2. The van der Waals surface area contributed by atoms with E-state index in [0.29, 0.717) is 6.54 Å². The fraction of sp³-hybridized carbons (Fsp3) is 0.300. The van der Waals surface area contributed by atoms with Crippen molar-refractivity contribution in [2.75, 3.05) is 11.4 Å². The van der Waals surface area contributed by atoms with Crippen LogP contribution >= 0.6 is 0 Å². The highest BCUT2D eigenvalue weighted by atomic mass is 32.2. The maximum Gasteiger partial charge on any atom is 0.238 e. The number of anilines is 1. The smallest absolute Gasteiger partial charge is 0.238 e. The number of sulfonamides is 1. The predicted molar refractivity (Wildman–Crippen MR) is 106 cm³/mol. The van der Waals surface area contributed by atoms with Crippen molar-refractivity contribution in [2.45, 2.75) is 31.2 Å². The molecule has 0 radical (unpaired) electrons. The minimum Gasteiger partial charge on any atom is -0.352 e. The molecule has 0 aliphatic carbocycles. The quantitative estimate of drug-likeness (QED) is 0.765. The number of nitrogens with two attached hydrogens (primary N) is 1. The van der Waals surface area contributed by atoms with Crippen LogP contribution in [-0.4, -0.2) is 26.8 Å². The molecule has 2 aromatic carbocycles. The Morgan fingerprint density at radius 3 is 2.29 bits per heavy atom. The van der Waals surface area contributed by atoms with Crippen LogP contribution in [0.25, 0.3) is 0 Å². The Kier molecular flexibility index (Phi) is 5.81. The summed E-state index contributed by atoms with van der Waals surface area (Å²) in [5.41, 5.74) is 2.74. The van der Waals surface area contributed by atoms with Gasteiger partial charge >= 0.3 is 0 Å². The van der Waals surface area contributed by atoms with Gasteiger partial charge in [0.1, 0.15) is 0 Å². The van der Waals surface area contributed by atoms with Crippen LogP contribution in [0, 0.1) is 5.92 Å². The maximum absolute atomic E-state index is 12.5. The van der Waals surface area contributed by atoms with Gasteiger partial charge in [-0.05, 0) is 41.8 Å². The summed E-state index contributed by atoms with van der Waals surface area (Å²) in [4.78, 5) is 26.5. The van der Waals surface area contributed by atoms with Crippen molar-refractivity contribution < 1.29 is 18.0 Å². The molecule has 3 rings (SSSR count). The molecule has 0 bridgehead atoms. The standard InChI is InChI=1S/C20H23N3O4S/c1-2-14-3-7-17(8-4-14)23-13-16(11-19(23)24)20(25)22-12-15-5-9-18(10-6-15)28(21,26)27/h3-10,16H,2,11-13H2,1H3,(H,22,25)(H2,21,26,27). The molecule has 1 saturated heterocycles. The first-order chi connectivity index (χ1) is 13.3. The highest BCUT2D eigenvalue weighted by Crippen LogP contribution is 2.25. The lowest BCUT2D eigenvalue weighted by molar-refractivity contribution is -0.126. The molecule has 8 heteroatoms. The Morgan fingerprint density at radius 2 is 1.71 bits per heavy atom. The van der Waals surface area contributed by atoms with E-state index in [4.69, 9.17) is 5.14 Å². The van der Waals surface area contributed by atoms with Crippen molar-refractivity contribution in [3.05, 3.63) is 59.7 Å². The van der Waals surface area contributed by atoms with Gasteiger partial charge in [-0.25, -0.2) is 13.6 Å². The van der Waals surface area contributed by atoms with Gasteiger partial charge in [0, 0.05) is 25.2 Å². The van der Waals surface area contributed by atoms with Crippen molar-refractivity contribution >= 4 is 27.5 Å². The molecular formula is C20H23N3O4S. The number of carbonyl (C=O) groups is 2. The van der Waals surface area contributed by atoms with Gasteiger partial charge in [0.15, 0.2) is 0 Å². The number of carbonyl (C=O) groups excluding carboxylic acids is 2. The summed E-state index contributed by atoms with van der Waals surface area (Å²) in [6.45, 7) is 2.67. The summed E-state index contributed by atoms with van der Waals surface area (Å²) in [6, 6.07) is 13.8. The summed E-state index contributed by atoms with van der Waals surface area (Å²) < 4.78 is 22.5. The van der Waals surface area contributed by atoms with E-state index in [-0.39, 0.29) is 29.7 Å². The Hall–Kier alpha value is -2.71. The van der Waals surface area contributed by atoms with E-state index in [0.717, 1.165) is 17.7 Å². The van der Waals surface area contributed by atoms with Crippen LogP contribution in [0.5, 0.6) is 0 Å². The lowest BCUT2D eigenvalue weighted by Crippen LogP contribution is -2.32. The molecule has 1 fully saturated rings. The van der Waals surface area contributed by atoms with E-state index >= 15 is 0 Å². The average molecular weight is 401 g/mol. The predicted octanol–water partition coefficient (Wildman–Crippen LogP) is 1.57. The zero-order chi connectivity index (χ0) is 20.3. The first kappa shape index (κ1) is 20.0. The first-order valence-electron chi connectivity index (χ1n) is 9.06. The summed E-state index contributed by atoms with van der Waals surface area (Å²) in [5.74, 6) is -0.680. The van der Waals surface area contributed by atoms with Gasteiger partial charge in [-0.2, -0.15) is 0 Å². The monoisotopic (exact) mass is 401 g/mol. The van der Waals surface area contributed by atoms with Crippen molar-refractivity contribution in [3.8, 4) is 0 Å². The highest BCUT2D eigenvalue weighted by molar-refractivity contribution is 7.89.